The summed E-state index contributed by atoms with van der Waals surface area (Å²) in [7, 11) is 0. The van der Waals surface area contributed by atoms with E-state index < -0.39 is 10.8 Å². The first kappa shape index (κ1) is 15.6. The van der Waals surface area contributed by atoms with E-state index in [0.29, 0.717) is 6.61 Å². The fraction of sp³-hybridized carbons (Fsp3) is 0.154. The summed E-state index contributed by atoms with van der Waals surface area (Å²) in [5.74, 6) is -0.273. The molecule has 0 spiro atoms. The van der Waals surface area contributed by atoms with E-state index >= 15 is 0 Å². The van der Waals surface area contributed by atoms with Gasteiger partial charge in [-0.3, -0.25) is 14.9 Å². The van der Waals surface area contributed by atoms with Crippen molar-refractivity contribution in [3.05, 3.63) is 51.4 Å². The van der Waals surface area contributed by atoms with Crippen molar-refractivity contribution in [3.63, 3.8) is 0 Å². The number of carbonyl (C=O) groups is 1. The van der Waals surface area contributed by atoms with E-state index in [0.717, 1.165) is 0 Å². The van der Waals surface area contributed by atoms with Crippen LogP contribution in [0.25, 0.3) is 0 Å². The molecule has 0 saturated heterocycles. The Kier molecular flexibility index (Phi) is 4.84. The lowest BCUT2D eigenvalue weighted by molar-refractivity contribution is -0.384. The molecule has 0 unspecified atom stereocenters. The molecule has 0 aliphatic heterocycles. The predicted molar refractivity (Wildman–Crippen MR) is 79.3 cm³/mol. The summed E-state index contributed by atoms with van der Waals surface area (Å²) in [5.41, 5.74) is 0.0193. The van der Waals surface area contributed by atoms with Gasteiger partial charge in [-0.2, -0.15) is 0 Å². The topological polar surface area (TPSA) is 107 Å². The fourth-order valence-electron chi connectivity index (χ4n) is 1.62. The van der Waals surface area contributed by atoms with Crippen LogP contribution in [-0.2, 0) is 0 Å². The van der Waals surface area contributed by atoms with Gasteiger partial charge in [-0.05, 0) is 19.1 Å². The Bertz CT molecular complexity index is 723. The number of carbonyl (C=O) groups excluding carboxylic acids is 1. The van der Waals surface area contributed by atoms with E-state index in [1.807, 2.05) is 0 Å². The molecular formula is C13H11ClN4O4. The maximum absolute atomic E-state index is 12.1. The number of nitro benzene ring substituents is 1. The number of nitrogens with zero attached hydrogens (tertiary/aromatic N) is 3. The standard InChI is InChI=1S/C13H11ClN4O4/c1-2-22-12-6-10(15-7-16-12)13(19)17-8-3-4-9(14)11(5-8)18(20)21/h3-7H,2H2,1H3,(H,17,19). The minimum atomic E-state index is -0.629. The van der Waals surface area contributed by atoms with Gasteiger partial charge in [0.25, 0.3) is 11.6 Å². The molecule has 22 heavy (non-hydrogen) atoms. The molecule has 0 atom stereocenters. The molecule has 8 nitrogen and oxygen atoms in total. The minimum Gasteiger partial charge on any atom is -0.478 e. The average molecular weight is 323 g/mol. The van der Waals surface area contributed by atoms with Gasteiger partial charge in [-0.1, -0.05) is 11.6 Å². The number of halogens is 1. The number of nitro groups is 1. The summed E-state index contributed by atoms with van der Waals surface area (Å²) in [6, 6.07) is 5.34. The number of amides is 1. The molecule has 1 heterocycles. The number of rotatable bonds is 5. The highest BCUT2D eigenvalue weighted by Crippen LogP contribution is 2.27. The number of hydrogen-bond donors (Lipinski definition) is 1. The molecule has 0 fully saturated rings. The lowest BCUT2D eigenvalue weighted by Gasteiger charge is -2.06. The molecule has 0 aliphatic carbocycles. The summed E-state index contributed by atoms with van der Waals surface area (Å²) in [4.78, 5) is 29.9. The number of aromatic nitrogens is 2. The smallest absolute Gasteiger partial charge is 0.289 e. The maximum Gasteiger partial charge on any atom is 0.289 e. The highest BCUT2D eigenvalue weighted by molar-refractivity contribution is 6.32. The van der Waals surface area contributed by atoms with Crippen molar-refractivity contribution in [3.8, 4) is 5.88 Å². The summed E-state index contributed by atoms with van der Waals surface area (Å²) in [5, 5.41) is 13.3. The van der Waals surface area contributed by atoms with Crippen LogP contribution in [0.4, 0.5) is 11.4 Å². The Morgan fingerprint density at radius 1 is 1.41 bits per heavy atom. The van der Waals surface area contributed by atoms with Crippen LogP contribution in [0.1, 0.15) is 17.4 Å². The molecule has 1 N–H and O–H groups in total. The average Bonchev–Trinajstić information content (AvgIpc) is 2.49. The second-order valence-electron chi connectivity index (χ2n) is 4.05. The quantitative estimate of drug-likeness (QED) is 0.669. The molecule has 1 aromatic carbocycles. The van der Waals surface area contributed by atoms with Crippen LogP contribution in [0.2, 0.25) is 5.02 Å². The molecule has 0 saturated carbocycles. The third-order valence-corrected chi connectivity index (χ3v) is 2.89. The molecule has 2 aromatic rings. The van der Waals surface area contributed by atoms with Gasteiger partial charge in [0, 0.05) is 17.8 Å². The van der Waals surface area contributed by atoms with Gasteiger partial charge in [0.05, 0.1) is 11.5 Å². The second-order valence-corrected chi connectivity index (χ2v) is 4.46. The zero-order chi connectivity index (χ0) is 16.1. The second kappa shape index (κ2) is 6.81. The van der Waals surface area contributed by atoms with Crippen LogP contribution in [0.5, 0.6) is 5.88 Å². The van der Waals surface area contributed by atoms with Crippen LogP contribution in [0, 0.1) is 10.1 Å². The molecule has 114 valence electrons. The Hall–Kier alpha value is -2.74. The fourth-order valence-corrected chi connectivity index (χ4v) is 1.80. The van der Waals surface area contributed by atoms with E-state index in [2.05, 4.69) is 15.3 Å². The first-order valence-corrected chi connectivity index (χ1v) is 6.59. The van der Waals surface area contributed by atoms with Gasteiger partial charge < -0.3 is 10.1 Å². The monoisotopic (exact) mass is 322 g/mol. The van der Waals surface area contributed by atoms with Crippen LogP contribution < -0.4 is 10.1 Å². The van der Waals surface area contributed by atoms with Crippen LogP contribution in [-0.4, -0.2) is 27.4 Å². The molecule has 0 aliphatic rings. The highest BCUT2D eigenvalue weighted by atomic mass is 35.5. The molecule has 1 aromatic heterocycles. The normalized spacial score (nSPS) is 10.1. The van der Waals surface area contributed by atoms with Gasteiger partial charge in [0.2, 0.25) is 5.88 Å². The molecule has 0 radical (unpaired) electrons. The third-order valence-electron chi connectivity index (χ3n) is 2.57. The van der Waals surface area contributed by atoms with E-state index in [1.165, 1.54) is 30.6 Å². The Morgan fingerprint density at radius 2 is 2.18 bits per heavy atom. The van der Waals surface area contributed by atoms with E-state index in [4.69, 9.17) is 16.3 Å². The van der Waals surface area contributed by atoms with Crippen molar-refractivity contribution >= 4 is 28.9 Å². The molecule has 9 heteroatoms. The zero-order valence-electron chi connectivity index (χ0n) is 11.4. The zero-order valence-corrected chi connectivity index (χ0v) is 12.2. The first-order chi connectivity index (χ1) is 10.5. The van der Waals surface area contributed by atoms with E-state index in [-0.39, 0.29) is 28.0 Å². The summed E-state index contributed by atoms with van der Waals surface area (Å²) < 4.78 is 5.18. The van der Waals surface area contributed by atoms with Crippen molar-refractivity contribution in [1.29, 1.82) is 0 Å². The largest absolute Gasteiger partial charge is 0.478 e. The van der Waals surface area contributed by atoms with Crippen LogP contribution in [0.15, 0.2) is 30.6 Å². The number of nitrogens with one attached hydrogen (secondary N) is 1. The predicted octanol–water partition coefficient (Wildman–Crippen LogP) is 2.69. The maximum atomic E-state index is 12.1. The summed E-state index contributed by atoms with van der Waals surface area (Å²) >= 11 is 5.71. The number of anilines is 1. The third kappa shape index (κ3) is 3.67. The van der Waals surface area contributed by atoms with E-state index in [9.17, 15) is 14.9 Å². The van der Waals surface area contributed by atoms with Crippen LogP contribution in [0.3, 0.4) is 0 Å². The van der Waals surface area contributed by atoms with Gasteiger partial charge >= 0.3 is 0 Å². The van der Waals surface area contributed by atoms with Gasteiger partial charge in [-0.15, -0.1) is 0 Å². The lowest BCUT2D eigenvalue weighted by Crippen LogP contribution is -2.14. The molecule has 2 rings (SSSR count). The Morgan fingerprint density at radius 3 is 2.86 bits per heavy atom. The summed E-state index contributed by atoms with van der Waals surface area (Å²) in [6.45, 7) is 2.19. The van der Waals surface area contributed by atoms with Gasteiger partial charge in [-0.25, -0.2) is 9.97 Å². The number of hydrogen-bond acceptors (Lipinski definition) is 6. The van der Waals surface area contributed by atoms with Crippen molar-refractivity contribution in [2.75, 3.05) is 11.9 Å². The Balaban J connectivity index is 2.20. The molecular weight excluding hydrogens is 312 g/mol. The van der Waals surface area contributed by atoms with Gasteiger partial charge in [0.15, 0.2) is 0 Å². The summed E-state index contributed by atoms with van der Waals surface area (Å²) in [6.07, 6.45) is 1.20. The van der Waals surface area contributed by atoms with Crippen molar-refractivity contribution < 1.29 is 14.5 Å². The van der Waals surface area contributed by atoms with Crippen molar-refractivity contribution in [1.82, 2.24) is 9.97 Å². The molecule has 0 bridgehead atoms. The highest BCUT2D eigenvalue weighted by Gasteiger charge is 2.15. The SMILES string of the molecule is CCOc1cc(C(=O)Nc2ccc(Cl)c([N+](=O)[O-])c2)ncn1. The van der Waals surface area contributed by atoms with Gasteiger partial charge in [0.1, 0.15) is 17.0 Å². The Labute approximate surface area is 130 Å². The van der Waals surface area contributed by atoms with Crippen LogP contribution >= 0.6 is 11.6 Å². The number of ether oxygens (including phenoxy) is 1. The lowest BCUT2D eigenvalue weighted by atomic mass is 10.2. The number of benzene rings is 1. The minimum absolute atomic E-state index is 0.0105. The van der Waals surface area contributed by atoms with Crippen molar-refractivity contribution in [2.24, 2.45) is 0 Å². The van der Waals surface area contributed by atoms with E-state index in [1.54, 1.807) is 6.92 Å². The van der Waals surface area contributed by atoms with Crippen molar-refractivity contribution in [2.45, 2.75) is 6.92 Å². The molecule has 1 amide bonds. The first-order valence-electron chi connectivity index (χ1n) is 6.21.